The van der Waals surface area contributed by atoms with Crippen molar-refractivity contribution in [3.63, 3.8) is 0 Å². The van der Waals surface area contributed by atoms with Gasteiger partial charge in [0.2, 0.25) is 0 Å². The van der Waals surface area contributed by atoms with Crippen LogP contribution >= 0.6 is 0 Å². The highest BCUT2D eigenvalue weighted by Crippen LogP contribution is 2.29. The highest BCUT2D eigenvalue weighted by molar-refractivity contribution is 5.72. The van der Waals surface area contributed by atoms with Crippen molar-refractivity contribution in [3.8, 4) is 11.3 Å². The monoisotopic (exact) mass is 285 g/mol. The van der Waals surface area contributed by atoms with Crippen LogP contribution in [0.25, 0.3) is 11.3 Å². The van der Waals surface area contributed by atoms with Crippen molar-refractivity contribution in [2.24, 2.45) is 0 Å². The van der Waals surface area contributed by atoms with Gasteiger partial charge in [0, 0.05) is 11.8 Å². The van der Waals surface area contributed by atoms with Crippen molar-refractivity contribution in [3.05, 3.63) is 36.0 Å². The SMILES string of the molecule is CCC(CC)n1cc(N)c(-c2ccc(C(C)(C)C)cc2)n1. The van der Waals surface area contributed by atoms with E-state index in [0.29, 0.717) is 6.04 Å². The molecule has 0 saturated carbocycles. The third-order valence-corrected chi connectivity index (χ3v) is 4.10. The molecule has 1 heterocycles. The summed E-state index contributed by atoms with van der Waals surface area (Å²) in [7, 11) is 0. The summed E-state index contributed by atoms with van der Waals surface area (Å²) >= 11 is 0. The standard InChI is InChI=1S/C18H27N3/c1-6-15(7-2)21-12-16(19)17(20-21)13-8-10-14(11-9-13)18(3,4)5/h8-12,15H,6-7,19H2,1-5H3. The van der Waals surface area contributed by atoms with Gasteiger partial charge in [-0.25, -0.2) is 0 Å². The van der Waals surface area contributed by atoms with Gasteiger partial charge in [-0.2, -0.15) is 5.10 Å². The van der Waals surface area contributed by atoms with Crippen molar-refractivity contribution in [1.82, 2.24) is 9.78 Å². The summed E-state index contributed by atoms with van der Waals surface area (Å²) < 4.78 is 2.02. The Labute approximate surface area is 128 Å². The normalized spacial score (nSPS) is 12.1. The van der Waals surface area contributed by atoms with Gasteiger partial charge in [-0.3, -0.25) is 4.68 Å². The summed E-state index contributed by atoms with van der Waals surface area (Å²) in [5.74, 6) is 0. The second kappa shape index (κ2) is 5.92. The van der Waals surface area contributed by atoms with E-state index >= 15 is 0 Å². The Balaban J connectivity index is 2.34. The predicted molar refractivity (Wildman–Crippen MR) is 90.4 cm³/mol. The Bertz CT molecular complexity index is 584. The van der Waals surface area contributed by atoms with E-state index in [2.05, 4.69) is 58.9 Å². The van der Waals surface area contributed by atoms with E-state index in [0.717, 1.165) is 29.8 Å². The van der Waals surface area contributed by atoms with Gasteiger partial charge >= 0.3 is 0 Å². The van der Waals surface area contributed by atoms with Crippen LogP contribution in [-0.2, 0) is 5.41 Å². The summed E-state index contributed by atoms with van der Waals surface area (Å²) in [6.45, 7) is 11.0. The predicted octanol–water partition coefficient (Wildman–Crippen LogP) is 4.79. The number of benzene rings is 1. The van der Waals surface area contributed by atoms with Gasteiger partial charge in [-0.05, 0) is 23.8 Å². The highest BCUT2D eigenvalue weighted by atomic mass is 15.3. The molecule has 0 radical (unpaired) electrons. The first-order valence-corrected chi connectivity index (χ1v) is 7.82. The van der Waals surface area contributed by atoms with E-state index in [9.17, 15) is 0 Å². The first-order valence-electron chi connectivity index (χ1n) is 7.82. The van der Waals surface area contributed by atoms with Gasteiger partial charge in [-0.15, -0.1) is 0 Å². The Morgan fingerprint density at radius 1 is 1.10 bits per heavy atom. The minimum Gasteiger partial charge on any atom is -0.396 e. The summed E-state index contributed by atoms with van der Waals surface area (Å²) in [4.78, 5) is 0. The van der Waals surface area contributed by atoms with Crippen LogP contribution in [0.5, 0.6) is 0 Å². The zero-order chi connectivity index (χ0) is 15.6. The topological polar surface area (TPSA) is 43.8 Å². The summed E-state index contributed by atoms with van der Waals surface area (Å²) in [6, 6.07) is 9.01. The third kappa shape index (κ3) is 3.29. The fourth-order valence-corrected chi connectivity index (χ4v) is 2.61. The van der Waals surface area contributed by atoms with Crippen LogP contribution in [0.3, 0.4) is 0 Å². The van der Waals surface area contributed by atoms with Crippen LogP contribution in [0.2, 0.25) is 0 Å². The molecule has 3 heteroatoms. The van der Waals surface area contributed by atoms with E-state index in [4.69, 9.17) is 10.8 Å². The zero-order valence-electron chi connectivity index (χ0n) is 13.9. The second-order valence-electron chi connectivity index (χ2n) is 6.71. The average molecular weight is 285 g/mol. The van der Waals surface area contributed by atoms with Crippen LogP contribution < -0.4 is 5.73 Å². The molecule has 0 amide bonds. The van der Waals surface area contributed by atoms with E-state index in [1.165, 1.54) is 5.56 Å². The average Bonchev–Trinajstić information content (AvgIpc) is 2.81. The largest absolute Gasteiger partial charge is 0.396 e. The Hall–Kier alpha value is -1.77. The molecule has 0 aliphatic rings. The fraction of sp³-hybridized carbons (Fsp3) is 0.500. The van der Waals surface area contributed by atoms with Gasteiger partial charge in [0.15, 0.2) is 0 Å². The molecule has 2 rings (SSSR count). The molecule has 3 nitrogen and oxygen atoms in total. The molecule has 0 atom stereocenters. The zero-order valence-corrected chi connectivity index (χ0v) is 13.9. The number of aromatic nitrogens is 2. The minimum absolute atomic E-state index is 0.166. The number of hydrogen-bond donors (Lipinski definition) is 1. The lowest BCUT2D eigenvalue weighted by Gasteiger charge is -2.19. The van der Waals surface area contributed by atoms with Crippen molar-refractivity contribution >= 4 is 5.69 Å². The molecule has 0 bridgehead atoms. The van der Waals surface area contributed by atoms with Gasteiger partial charge in [0.1, 0.15) is 5.69 Å². The maximum absolute atomic E-state index is 6.16. The van der Waals surface area contributed by atoms with Gasteiger partial charge < -0.3 is 5.73 Å². The fourth-order valence-electron chi connectivity index (χ4n) is 2.61. The van der Waals surface area contributed by atoms with Crippen LogP contribution in [0.15, 0.2) is 30.5 Å². The quantitative estimate of drug-likeness (QED) is 0.877. The Kier molecular flexibility index (Phi) is 4.40. The lowest BCUT2D eigenvalue weighted by atomic mass is 9.86. The summed E-state index contributed by atoms with van der Waals surface area (Å²) in [6.07, 6.45) is 4.10. The molecule has 0 aliphatic carbocycles. The minimum atomic E-state index is 0.166. The molecule has 0 saturated heterocycles. The molecule has 1 aromatic heterocycles. The lowest BCUT2D eigenvalue weighted by Crippen LogP contribution is -2.10. The smallest absolute Gasteiger partial charge is 0.115 e. The van der Waals surface area contributed by atoms with Crippen LogP contribution in [-0.4, -0.2) is 9.78 Å². The number of nitrogen functional groups attached to an aromatic ring is 1. The van der Waals surface area contributed by atoms with E-state index < -0.39 is 0 Å². The van der Waals surface area contributed by atoms with Crippen molar-refractivity contribution < 1.29 is 0 Å². The maximum atomic E-state index is 6.16. The second-order valence-corrected chi connectivity index (χ2v) is 6.71. The molecule has 0 spiro atoms. The molecule has 114 valence electrons. The highest BCUT2D eigenvalue weighted by Gasteiger charge is 2.16. The number of hydrogen-bond acceptors (Lipinski definition) is 2. The first kappa shape index (κ1) is 15.6. The van der Waals surface area contributed by atoms with E-state index in [1.807, 2.05) is 10.9 Å². The molecule has 0 unspecified atom stereocenters. The number of rotatable bonds is 4. The molecule has 1 aromatic carbocycles. The van der Waals surface area contributed by atoms with Crippen LogP contribution in [0.4, 0.5) is 5.69 Å². The first-order chi connectivity index (χ1) is 9.86. The molecule has 21 heavy (non-hydrogen) atoms. The Morgan fingerprint density at radius 3 is 2.14 bits per heavy atom. The van der Waals surface area contributed by atoms with Gasteiger partial charge in [-0.1, -0.05) is 58.9 Å². The molecule has 2 aromatic rings. The summed E-state index contributed by atoms with van der Waals surface area (Å²) in [5.41, 5.74) is 10.4. The molecule has 0 fully saturated rings. The maximum Gasteiger partial charge on any atom is 0.115 e. The van der Waals surface area contributed by atoms with Gasteiger partial charge in [0.05, 0.1) is 11.7 Å². The number of nitrogens with zero attached hydrogens (tertiary/aromatic N) is 2. The van der Waals surface area contributed by atoms with Crippen molar-refractivity contribution in [2.45, 2.75) is 58.9 Å². The molecular weight excluding hydrogens is 258 g/mol. The number of anilines is 1. The third-order valence-electron chi connectivity index (χ3n) is 4.10. The molecule has 2 N–H and O–H groups in total. The van der Waals surface area contributed by atoms with E-state index in [1.54, 1.807) is 0 Å². The number of nitrogens with two attached hydrogens (primary N) is 1. The van der Waals surface area contributed by atoms with Gasteiger partial charge in [0.25, 0.3) is 0 Å². The molecule has 0 aliphatic heterocycles. The van der Waals surface area contributed by atoms with E-state index in [-0.39, 0.29) is 5.41 Å². The molecular formula is C18H27N3. The van der Waals surface area contributed by atoms with Crippen molar-refractivity contribution in [2.75, 3.05) is 5.73 Å². The summed E-state index contributed by atoms with van der Waals surface area (Å²) in [5, 5.41) is 4.71. The van der Waals surface area contributed by atoms with Crippen LogP contribution in [0, 0.1) is 0 Å². The van der Waals surface area contributed by atoms with Crippen molar-refractivity contribution in [1.29, 1.82) is 0 Å². The van der Waals surface area contributed by atoms with Crippen LogP contribution in [0.1, 0.15) is 59.1 Å². The Morgan fingerprint density at radius 2 is 1.67 bits per heavy atom. The lowest BCUT2D eigenvalue weighted by molar-refractivity contribution is 0.429.